The number of allylic oxidation sites excluding steroid dienone is 4. The van der Waals surface area contributed by atoms with E-state index in [9.17, 15) is 14.4 Å². The van der Waals surface area contributed by atoms with Gasteiger partial charge in [0.05, 0.1) is 34.8 Å². The van der Waals surface area contributed by atoms with Crippen molar-refractivity contribution in [3.8, 4) is 5.75 Å². The molecule has 0 amide bonds. The second kappa shape index (κ2) is 14.5. The van der Waals surface area contributed by atoms with Crippen LogP contribution in [0, 0.1) is 0 Å². The molecule has 0 aliphatic heterocycles. The molecule has 0 heterocycles. The maximum Gasteiger partial charge on any atom is 0.350 e. The molecule has 7 nitrogen and oxygen atoms in total. The number of ketones is 2. The van der Waals surface area contributed by atoms with E-state index in [0.29, 0.717) is 11.1 Å². The van der Waals surface area contributed by atoms with Crippen molar-refractivity contribution in [3.05, 3.63) is 102 Å². The molecule has 32 heavy (non-hydrogen) atoms. The van der Waals surface area contributed by atoms with Gasteiger partial charge in [0, 0.05) is 26.5 Å². The van der Waals surface area contributed by atoms with Crippen molar-refractivity contribution in [2.24, 2.45) is 0 Å². The molecule has 0 unspecified atom stereocenters. The molecule has 0 bridgehead atoms. The van der Waals surface area contributed by atoms with Gasteiger partial charge in [0.1, 0.15) is 12.4 Å². The summed E-state index contributed by atoms with van der Waals surface area (Å²) in [7, 11) is 0. The second-order valence-corrected chi connectivity index (χ2v) is 6.40. The quantitative estimate of drug-likeness (QED) is 0.124. The van der Waals surface area contributed by atoms with Gasteiger partial charge in [0.15, 0.2) is 0 Å². The molecule has 2 aromatic carbocycles. The van der Waals surface area contributed by atoms with Crippen LogP contribution in [0.3, 0.4) is 0 Å². The number of carbonyl (C=O) groups is 1. The Bertz CT molecular complexity index is 980. The average Bonchev–Trinajstić information content (AvgIpc) is 2.72. The van der Waals surface area contributed by atoms with Crippen LogP contribution >= 0.6 is 0 Å². The van der Waals surface area contributed by atoms with Gasteiger partial charge in [-0.25, -0.2) is 4.79 Å². The topological polar surface area (TPSA) is 130 Å². The van der Waals surface area contributed by atoms with Gasteiger partial charge < -0.3 is 20.1 Å². The molecule has 172 valence electrons. The molecule has 0 aliphatic carbocycles. The molecule has 0 radical (unpaired) electrons. The van der Waals surface area contributed by atoms with Gasteiger partial charge in [-0.15, -0.1) is 0 Å². The number of carbonyl (C=O) groups excluding carboxylic acids is 3. The number of hydrogen-bond acceptors (Lipinski definition) is 5. The summed E-state index contributed by atoms with van der Waals surface area (Å²) < 4.78 is 4.86. The molecule has 8 heteroatoms. The van der Waals surface area contributed by atoms with Gasteiger partial charge in [-0.05, 0) is 55.8 Å². The number of phenols is 1. The first-order chi connectivity index (χ1) is 14.6. The van der Waals surface area contributed by atoms with Crippen molar-refractivity contribution in [2.45, 2.75) is 20.5 Å². The third-order valence-electron chi connectivity index (χ3n) is 3.65. The van der Waals surface area contributed by atoms with E-state index >= 15 is 0 Å². The van der Waals surface area contributed by atoms with Crippen LogP contribution in [-0.2, 0) is 36.6 Å². The minimum absolute atomic E-state index is 0. The summed E-state index contributed by atoms with van der Waals surface area (Å²) in [4.78, 5) is 29.9. The number of aliphatic hydroxyl groups excluding tert-OH is 2. The smallest absolute Gasteiger partial charge is 0.350 e. The minimum atomic E-state index is -0.479. The molecule has 0 fully saturated rings. The van der Waals surface area contributed by atoms with Crippen LogP contribution in [0.4, 0.5) is 0 Å². The molecular formula is C24H26O7Pd+2. The van der Waals surface area contributed by atoms with Crippen molar-refractivity contribution in [1.82, 2.24) is 0 Å². The third kappa shape index (κ3) is 11.1. The Morgan fingerprint density at radius 1 is 0.906 bits per heavy atom. The Hall–Kier alpha value is -3.47. The van der Waals surface area contributed by atoms with E-state index in [1.807, 2.05) is 0 Å². The monoisotopic (exact) mass is 532 g/mol. The fourth-order valence-electron chi connectivity index (χ4n) is 2.18. The maximum atomic E-state index is 10.9. The van der Waals surface area contributed by atoms with Crippen molar-refractivity contribution in [2.75, 3.05) is 0 Å². The molecule has 0 saturated carbocycles. The predicted molar refractivity (Wildman–Crippen MR) is 119 cm³/mol. The number of phenolic OH excluding ortho intramolecular Hbond substituents is 1. The molecule has 2 rings (SSSR count). The molecule has 2 aromatic rings. The van der Waals surface area contributed by atoms with E-state index in [2.05, 4.69) is 6.58 Å². The number of benzene rings is 2. The van der Waals surface area contributed by atoms with E-state index in [4.69, 9.17) is 20.1 Å². The Balaban J connectivity index is 0.000000611. The zero-order chi connectivity index (χ0) is 23.4. The van der Waals surface area contributed by atoms with E-state index in [1.165, 1.54) is 38.1 Å². The SMILES string of the molecule is C/C(O)=C/C(=[OH+])c1ccc(O)cc1.C=CC(=O)OCc1ccc(C(=[OH+])/C=C(/C)O)cc1.[Pd]. The summed E-state index contributed by atoms with van der Waals surface area (Å²) in [5, 5.41) is 26.9. The largest absolute Gasteiger partial charge is 0.512 e. The van der Waals surface area contributed by atoms with Crippen LogP contribution in [0.2, 0.25) is 0 Å². The fourth-order valence-corrected chi connectivity index (χ4v) is 2.18. The van der Waals surface area contributed by atoms with E-state index < -0.39 is 5.97 Å². The predicted octanol–water partition coefficient (Wildman–Crippen LogP) is 4.02. The van der Waals surface area contributed by atoms with Gasteiger partial charge in [-0.1, -0.05) is 18.7 Å². The van der Waals surface area contributed by atoms with E-state index in [1.54, 1.807) is 36.4 Å². The fraction of sp³-hybridized carbons (Fsp3) is 0.125. The number of aliphatic hydroxyl groups is 2. The van der Waals surface area contributed by atoms with Crippen LogP contribution in [0.5, 0.6) is 5.75 Å². The number of ether oxygens (including phenoxy) is 1. The second-order valence-electron chi connectivity index (χ2n) is 6.40. The van der Waals surface area contributed by atoms with Crippen LogP contribution in [-0.4, -0.2) is 42.4 Å². The zero-order valence-corrected chi connectivity index (χ0v) is 19.2. The molecule has 0 aliphatic rings. The van der Waals surface area contributed by atoms with Gasteiger partial charge in [0.25, 0.3) is 0 Å². The Morgan fingerprint density at radius 3 is 1.69 bits per heavy atom. The van der Waals surface area contributed by atoms with Crippen LogP contribution in [0.1, 0.15) is 30.5 Å². The Labute approximate surface area is 200 Å². The van der Waals surface area contributed by atoms with Crippen molar-refractivity contribution in [3.63, 3.8) is 0 Å². The van der Waals surface area contributed by atoms with Crippen molar-refractivity contribution in [1.29, 1.82) is 0 Å². The molecular weight excluding hydrogens is 507 g/mol. The maximum absolute atomic E-state index is 10.9. The first kappa shape index (κ1) is 28.5. The van der Waals surface area contributed by atoms with Gasteiger partial charge >= 0.3 is 17.5 Å². The van der Waals surface area contributed by atoms with Gasteiger partial charge in [-0.3, -0.25) is 9.59 Å². The van der Waals surface area contributed by atoms with Crippen LogP contribution in [0.15, 0.2) is 84.9 Å². The summed E-state index contributed by atoms with van der Waals surface area (Å²) in [6.45, 7) is 6.39. The van der Waals surface area contributed by atoms with E-state index in [-0.39, 0.29) is 55.9 Å². The number of esters is 1. The molecule has 0 spiro atoms. The Kier molecular flexibility index (Phi) is 12.9. The zero-order valence-electron chi connectivity index (χ0n) is 17.6. The van der Waals surface area contributed by atoms with Crippen molar-refractivity contribution >= 4 is 17.5 Å². The summed E-state index contributed by atoms with van der Waals surface area (Å²) in [6.07, 6.45) is 3.60. The van der Waals surface area contributed by atoms with E-state index in [0.717, 1.165) is 11.6 Å². The summed E-state index contributed by atoms with van der Waals surface area (Å²) >= 11 is 0. The minimum Gasteiger partial charge on any atom is -0.512 e. The van der Waals surface area contributed by atoms with Crippen LogP contribution in [0.25, 0.3) is 0 Å². The number of aromatic hydroxyl groups is 1. The molecule has 0 aromatic heterocycles. The standard InChI is InChI=1S/C14H14O4.C10H10O3.Pd/c1-3-14(17)18-9-11-4-6-12(7-5-11)13(16)8-10(2)15;1-7(11)6-10(13)8-2-4-9(12)5-3-8;/h3-8,15H,1,9H2,2H3;2-6,11-12H,1H3;/p+2/b10-8-;7-6-;. The first-order valence-corrected chi connectivity index (χ1v) is 9.16. The third-order valence-corrected chi connectivity index (χ3v) is 3.65. The first-order valence-electron chi connectivity index (χ1n) is 9.16. The number of hydrogen-bond donors (Lipinski definition) is 3. The number of rotatable bonds is 7. The average molecular weight is 533 g/mol. The Morgan fingerprint density at radius 2 is 1.31 bits per heavy atom. The normalized spacial score (nSPS) is 10.7. The van der Waals surface area contributed by atoms with Crippen molar-refractivity contribution < 1.29 is 54.9 Å². The summed E-state index contributed by atoms with van der Waals surface area (Å²) in [5.41, 5.74) is 1.92. The summed E-state index contributed by atoms with van der Waals surface area (Å²) in [5.74, 6) is -0.333. The van der Waals surface area contributed by atoms with Crippen LogP contribution < -0.4 is 0 Å². The summed E-state index contributed by atoms with van der Waals surface area (Å²) in [6, 6.07) is 12.8. The van der Waals surface area contributed by atoms with Gasteiger partial charge in [-0.2, -0.15) is 0 Å². The molecule has 0 atom stereocenters. The molecule has 5 N–H and O–H groups in total. The van der Waals surface area contributed by atoms with Gasteiger partial charge in [0.2, 0.25) is 0 Å². The molecule has 0 saturated heterocycles.